The maximum absolute atomic E-state index is 6.06. The summed E-state index contributed by atoms with van der Waals surface area (Å²) in [6.07, 6.45) is 1.82. The Kier molecular flexibility index (Phi) is 2.59. The molecule has 0 bridgehead atoms. The van der Waals surface area contributed by atoms with Crippen molar-refractivity contribution in [2.75, 3.05) is 5.73 Å². The van der Waals surface area contributed by atoms with Gasteiger partial charge < -0.3 is 5.73 Å². The maximum Gasteiger partial charge on any atom is 0.205 e. The van der Waals surface area contributed by atoms with Crippen molar-refractivity contribution in [3.05, 3.63) is 40.1 Å². The molecule has 0 saturated carbocycles. The van der Waals surface area contributed by atoms with Crippen LogP contribution in [0.25, 0.3) is 5.69 Å². The molecule has 1 aromatic carbocycles. The van der Waals surface area contributed by atoms with Crippen molar-refractivity contribution < 1.29 is 0 Å². The highest BCUT2D eigenvalue weighted by Crippen LogP contribution is 2.26. The number of nitrogens with zero attached hydrogens (tertiary/aromatic N) is 2. The third-order valence-corrected chi connectivity index (χ3v) is 2.56. The fraction of sp³-hybridized carbons (Fsp3) is 0.100. The minimum atomic E-state index is 0.414. The van der Waals surface area contributed by atoms with E-state index in [1.54, 1.807) is 16.7 Å². The van der Waals surface area contributed by atoms with Crippen LogP contribution in [0.15, 0.2) is 24.4 Å². The third-order valence-electron chi connectivity index (χ3n) is 2.02. The smallest absolute Gasteiger partial charge is 0.205 e. The number of nitrogens with two attached hydrogens (primary N) is 1. The predicted octanol–water partition coefficient (Wildman–Crippen LogP) is 3.07. The molecule has 2 N–H and O–H groups in total. The fourth-order valence-electron chi connectivity index (χ4n) is 1.39. The van der Waals surface area contributed by atoms with Crippen LogP contribution in [0.2, 0.25) is 10.0 Å². The van der Waals surface area contributed by atoms with Gasteiger partial charge in [-0.05, 0) is 25.1 Å². The van der Waals surface area contributed by atoms with E-state index in [0.29, 0.717) is 16.0 Å². The SMILES string of the molecule is Cc1cn(-c2ccc(Cl)cc2Cl)c(N)n1. The monoisotopic (exact) mass is 241 g/mol. The molecule has 0 aliphatic rings. The van der Waals surface area contributed by atoms with Crippen molar-refractivity contribution in [1.29, 1.82) is 0 Å². The van der Waals surface area contributed by atoms with E-state index in [4.69, 9.17) is 28.9 Å². The lowest BCUT2D eigenvalue weighted by Gasteiger charge is -2.06. The molecule has 1 aromatic heterocycles. The van der Waals surface area contributed by atoms with Crippen LogP contribution in [0.1, 0.15) is 5.69 Å². The summed E-state index contributed by atoms with van der Waals surface area (Å²) in [5.74, 6) is 0.414. The Morgan fingerprint density at radius 1 is 1.33 bits per heavy atom. The number of rotatable bonds is 1. The zero-order valence-corrected chi connectivity index (χ0v) is 9.55. The predicted molar refractivity (Wildman–Crippen MR) is 62.7 cm³/mol. The Balaban J connectivity index is 2.59. The van der Waals surface area contributed by atoms with Gasteiger partial charge in [0.25, 0.3) is 0 Å². The zero-order chi connectivity index (χ0) is 11.0. The van der Waals surface area contributed by atoms with Gasteiger partial charge in [0.1, 0.15) is 0 Å². The number of hydrogen-bond acceptors (Lipinski definition) is 2. The lowest BCUT2D eigenvalue weighted by Crippen LogP contribution is -2.00. The molecule has 0 radical (unpaired) electrons. The molecule has 3 nitrogen and oxygen atoms in total. The second-order valence-corrected chi connectivity index (χ2v) is 4.05. The van der Waals surface area contributed by atoms with Gasteiger partial charge in [0.05, 0.1) is 16.4 Å². The number of aromatic nitrogens is 2. The van der Waals surface area contributed by atoms with Crippen molar-refractivity contribution in [3.63, 3.8) is 0 Å². The number of halogens is 2. The van der Waals surface area contributed by atoms with E-state index in [-0.39, 0.29) is 0 Å². The molecular formula is C10H9Cl2N3. The average molecular weight is 242 g/mol. The second-order valence-electron chi connectivity index (χ2n) is 3.21. The van der Waals surface area contributed by atoms with Crippen LogP contribution < -0.4 is 5.73 Å². The largest absolute Gasteiger partial charge is 0.369 e. The molecule has 78 valence electrons. The molecule has 5 heteroatoms. The van der Waals surface area contributed by atoms with Crippen LogP contribution in [0.4, 0.5) is 5.95 Å². The van der Waals surface area contributed by atoms with Crippen molar-refractivity contribution >= 4 is 29.2 Å². The summed E-state index contributed by atoms with van der Waals surface area (Å²) in [6, 6.07) is 5.24. The van der Waals surface area contributed by atoms with E-state index >= 15 is 0 Å². The lowest BCUT2D eigenvalue weighted by atomic mass is 10.3. The maximum atomic E-state index is 6.06. The fourth-order valence-corrected chi connectivity index (χ4v) is 1.89. The van der Waals surface area contributed by atoms with Crippen LogP contribution in [-0.4, -0.2) is 9.55 Å². The summed E-state index contributed by atoms with van der Waals surface area (Å²) in [4.78, 5) is 4.10. The molecule has 15 heavy (non-hydrogen) atoms. The van der Waals surface area contributed by atoms with Crippen LogP contribution in [0, 0.1) is 6.92 Å². The summed E-state index contributed by atoms with van der Waals surface area (Å²) in [5, 5.41) is 1.14. The molecular weight excluding hydrogens is 233 g/mol. The van der Waals surface area contributed by atoms with Gasteiger partial charge in [-0.15, -0.1) is 0 Å². The van der Waals surface area contributed by atoms with Gasteiger partial charge in [0.2, 0.25) is 5.95 Å². The number of hydrogen-bond donors (Lipinski definition) is 1. The van der Waals surface area contributed by atoms with Gasteiger partial charge >= 0.3 is 0 Å². The van der Waals surface area contributed by atoms with E-state index in [9.17, 15) is 0 Å². The Bertz CT molecular complexity index is 505. The van der Waals surface area contributed by atoms with E-state index in [0.717, 1.165) is 11.4 Å². The van der Waals surface area contributed by atoms with Gasteiger partial charge in [0.15, 0.2) is 0 Å². The van der Waals surface area contributed by atoms with E-state index in [1.165, 1.54) is 0 Å². The number of benzene rings is 1. The van der Waals surface area contributed by atoms with Crippen molar-refractivity contribution in [2.24, 2.45) is 0 Å². The van der Waals surface area contributed by atoms with Crippen LogP contribution in [0.3, 0.4) is 0 Å². The highest BCUT2D eigenvalue weighted by molar-refractivity contribution is 6.35. The third kappa shape index (κ3) is 1.94. The minimum absolute atomic E-state index is 0.414. The van der Waals surface area contributed by atoms with E-state index < -0.39 is 0 Å². The summed E-state index contributed by atoms with van der Waals surface area (Å²) in [5.41, 5.74) is 7.36. The second kappa shape index (κ2) is 3.76. The average Bonchev–Trinajstić information content (AvgIpc) is 2.45. The first-order chi connectivity index (χ1) is 7.08. The van der Waals surface area contributed by atoms with Crippen LogP contribution >= 0.6 is 23.2 Å². The molecule has 0 spiro atoms. The highest BCUT2D eigenvalue weighted by Gasteiger charge is 2.07. The quantitative estimate of drug-likeness (QED) is 0.835. The van der Waals surface area contributed by atoms with Crippen LogP contribution in [-0.2, 0) is 0 Å². The number of aryl methyl sites for hydroxylation is 1. The molecule has 2 aromatic rings. The van der Waals surface area contributed by atoms with Gasteiger partial charge in [-0.2, -0.15) is 0 Å². The Morgan fingerprint density at radius 3 is 2.60 bits per heavy atom. The van der Waals surface area contributed by atoms with Crippen molar-refractivity contribution in [3.8, 4) is 5.69 Å². The first-order valence-electron chi connectivity index (χ1n) is 4.35. The molecule has 0 fully saturated rings. The van der Waals surface area contributed by atoms with Gasteiger partial charge in [0, 0.05) is 11.2 Å². The molecule has 1 heterocycles. The van der Waals surface area contributed by atoms with E-state index in [2.05, 4.69) is 4.98 Å². The Morgan fingerprint density at radius 2 is 2.07 bits per heavy atom. The first-order valence-corrected chi connectivity index (χ1v) is 5.10. The molecule has 0 unspecified atom stereocenters. The first kappa shape index (κ1) is 10.3. The standard InChI is InChI=1S/C10H9Cl2N3/c1-6-5-15(10(13)14-6)9-3-2-7(11)4-8(9)12/h2-5H,1H3,(H2,13,14). The van der Waals surface area contributed by atoms with Gasteiger partial charge in [-0.1, -0.05) is 23.2 Å². The number of imidazole rings is 1. The van der Waals surface area contributed by atoms with Crippen LogP contribution in [0.5, 0.6) is 0 Å². The Hall–Kier alpha value is -1.19. The van der Waals surface area contributed by atoms with Gasteiger partial charge in [-0.3, -0.25) is 4.57 Å². The number of anilines is 1. The topological polar surface area (TPSA) is 43.8 Å². The summed E-state index contributed by atoms with van der Waals surface area (Å²) < 4.78 is 1.73. The Labute approximate surface area is 97.4 Å². The van der Waals surface area contributed by atoms with Crippen molar-refractivity contribution in [2.45, 2.75) is 6.92 Å². The molecule has 0 atom stereocenters. The minimum Gasteiger partial charge on any atom is -0.369 e. The van der Waals surface area contributed by atoms with Gasteiger partial charge in [-0.25, -0.2) is 4.98 Å². The lowest BCUT2D eigenvalue weighted by molar-refractivity contribution is 1.07. The summed E-state index contributed by atoms with van der Waals surface area (Å²) >= 11 is 11.9. The summed E-state index contributed by atoms with van der Waals surface area (Å²) in [7, 11) is 0. The van der Waals surface area contributed by atoms with Crippen molar-refractivity contribution in [1.82, 2.24) is 9.55 Å². The number of nitrogen functional groups attached to an aromatic ring is 1. The highest BCUT2D eigenvalue weighted by atomic mass is 35.5. The molecule has 0 aliphatic heterocycles. The molecule has 0 aliphatic carbocycles. The summed E-state index contributed by atoms with van der Waals surface area (Å²) in [6.45, 7) is 1.87. The zero-order valence-electron chi connectivity index (χ0n) is 8.04. The van der Waals surface area contributed by atoms with E-state index in [1.807, 2.05) is 19.2 Å². The molecule has 0 saturated heterocycles. The normalized spacial score (nSPS) is 10.6. The molecule has 0 amide bonds. The molecule has 2 rings (SSSR count).